The highest BCUT2D eigenvalue weighted by molar-refractivity contribution is 6.61. The predicted octanol–water partition coefficient (Wildman–Crippen LogP) is 3.22. The maximum absolute atomic E-state index is 12.7. The second-order valence-electron chi connectivity index (χ2n) is 1.89. The molecule has 0 atom stereocenters. The number of carbonyl (C=O) groups is 1. The molecule has 0 aliphatic rings. The van der Waals surface area contributed by atoms with Crippen molar-refractivity contribution in [1.29, 1.82) is 0 Å². The molecule has 0 saturated heterocycles. The Morgan fingerprint density at radius 3 is 2.75 bits per heavy atom. The number of ether oxygens (including phenoxy) is 1. The second-order valence-corrected chi connectivity index (χ2v) is 2.58. The van der Waals surface area contributed by atoms with Gasteiger partial charge in [0.15, 0.2) is 5.75 Å². The van der Waals surface area contributed by atoms with Crippen LogP contribution in [0.3, 0.4) is 0 Å². The molecule has 2 nitrogen and oxygen atoms in total. The van der Waals surface area contributed by atoms with Gasteiger partial charge in [-0.3, -0.25) is 0 Å². The highest BCUT2D eigenvalue weighted by Gasteiger charge is 2.08. The Balaban J connectivity index is 3.00. The third-order valence-electron chi connectivity index (χ3n) is 1.11. The van der Waals surface area contributed by atoms with Crippen molar-refractivity contribution in [2.24, 2.45) is 0 Å². The lowest BCUT2D eigenvalue weighted by Gasteiger charge is -2.01. The van der Waals surface area contributed by atoms with E-state index in [0.29, 0.717) is 0 Å². The number of halogens is 3. The lowest BCUT2D eigenvalue weighted by molar-refractivity contribution is 0.225. The zero-order chi connectivity index (χ0) is 9.14. The standard InChI is InChI=1S/C7H3Cl2FO2/c8-6-4(10)2-1-3-5(6)12-7(9)11/h1-3H. The van der Waals surface area contributed by atoms with E-state index in [1.165, 1.54) is 12.1 Å². The molecule has 12 heavy (non-hydrogen) atoms. The van der Waals surface area contributed by atoms with Gasteiger partial charge in [0, 0.05) is 11.6 Å². The van der Waals surface area contributed by atoms with Crippen LogP contribution < -0.4 is 4.74 Å². The first-order valence-electron chi connectivity index (χ1n) is 2.92. The summed E-state index contributed by atoms with van der Waals surface area (Å²) in [4.78, 5) is 10.2. The van der Waals surface area contributed by atoms with Gasteiger partial charge < -0.3 is 4.74 Å². The molecule has 0 saturated carbocycles. The molecular weight excluding hydrogens is 206 g/mol. The van der Waals surface area contributed by atoms with Crippen LogP contribution in [-0.2, 0) is 0 Å². The minimum absolute atomic E-state index is 0.0864. The highest BCUT2D eigenvalue weighted by Crippen LogP contribution is 2.27. The van der Waals surface area contributed by atoms with E-state index in [0.717, 1.165) is 6.07 Å². The summed E-state index contributed by atoms with van der Waals surface area (Å²) in [6, 6.07) is 3.84. The summed E-state index contributed by atoms with van der Waals surface area (Å²) in [5.74, 6) is -0.747. The maximum atomic E-state index is 12.7. The topological polar surface area (TPSA) is 26.3 Å². The molecule has 0 fully saturated rings. The lowest BCUT2D eigenvalue weighted by atomic mass is 10.3. The van der Waals surface area contributed by atoms with Crippen LogP contribution in [0.4, 0.5) is 9.18 Å². The van der Waals surface area contributed by atoms with Crippen molar-refractivity contribution >= 4 is 28.6 Å². The van der Waals surface area contributed by atoms with E-state index in [4.69, 9.17) is 23.2 Å². The van der Waals surface area contributed by atoms with Gasteiger partial charge in [0.25, 0.3) is 0 Å². The van der Waals surface area contributed by atoms with E-state index >= 15 is 0 Å². The maximum Gasteiger partial charge on any atom is 0.409 e. The van der Waals surface area contributed by atoms with Crippen molar-refractivity contribution < 1.29 is 13.9 Å². The average Bonchev–Trinajstić information content (AvgIpc) is 1.98. The molecule has 0 bridgehead atoms. The number of rotatable bonds is 1. The number of hydrogen-bond acceptors (Lipinski definition) is 2. The Kier molecular flexibility index (Phi) is 2.89. The molecule has 1 rings (SSSR count). The quantitative estimate of drug-likeness (QED) is 0.663. The minimum Gasteiger partial charge on any atom is -0.413 e. The molecule has 1 aromatic carbocycles. The monoisotopic (exact) mass is 208 g/mol. The molecule has 0 spiro atoms. The van der Waals surface area contributed by atoms with Crippen molar-refractivity contribution in [3.63, 3.8) is 0 Å². The fraction of sp³-hybridized carbons (Fsp3) is 0. The van der Waals surface area contributed by atoms with Crippen molar-refractivity contribution in [2.75, 3.05) is 0 Å². The Hall–Kier alpha value is -0.800. The molecule has 0 radical (unpaired) electrons. The van der Waals surface area contributed by atoms with Gasteiger partial charge in [-0.1, -0.05) is 17.7 Å². The largest absolute Gasteiger partial charge is 0.413 e. The molecule has 0 aliphatic heterocycles. The van der Waals surface area contributed by atoms with Crippen molar-refractivity contribution in [2.45, 2.75) is 0 Å². The summed E-state index contributed by atoms with van der Waals surface area (Å²) in [6.45, 7) is 0. The fourth-order valence-corrected chi connectivity index (χ4v) is 0.897. The molecule has 0 amide bonds. The smallest absolute Gasteiger partial charge is 0.409 e. The van der Waals surface area contributed by atoms with Crippen LogP contribution >= 0.6 is 23.2 Å². The predicted molar refractivity (Wildman–Crippen MR) is 43.3 cm³/mol. The Bertz CT molecular complexity index is 314. The summed E-state index contributed by atoms with van der Waals surface area (Å²) in [7, 11) is 0. The number of carbonyl (C=O) groups excluding carboxylic acids is 1. The van der Waals surface area contributed by atoms with E-state index in [-0.39, 0.29) is 10.8 Å². The molecule has 64 valence electrons. The SMILES string of the molecule is O=C(Cl)Oc1cccc(F)c1Cl. The highest BCUT2D eigenvalue weighted by atomic mass is 35.5. The first-order chi connectivity index (χ1) is 5.61. The van der Waals surface area contributed by atoms with Crippen LogP contribution in [0.25, 0.3) is 0 Å². The van der Waals surface area contributed by atoms with Crippen molar-refractivity contribution in [1.82, 2.24) is 0 Å². The summed E-state index contributed by atoms with van der Waals surface area (Å²) < 4.78 is 17.0. The van der Waals surface area contributed by atoms with Crippen LogP contribution in [0.1, 0.15) is 0 Å². The summed E-state index contributed by atoms with van der Waals surface area (Å²) in [6.07, 6.45) is 0. The Morgan fingerprint density at radius 2 is 2.17 bits per heavy atom. The zero-order valence-electron chi connectivity index (χ0n) is 5.68. The van der Waals surface area contributed by atoms with Crippen LogP contribution in [0, 0.1) is 5.82 Å². The van der Waals surface area contributed by atoms with E-state index in [9.17, 15) is 9.18 Å². The van der Waals surface area contributed by atoms with Crippen molar-refractivity contribution in [3.8, 4) is 5.75 Å². The van der Waals surface area contributed by atoms with Gasteiger partial charge in [-0.15, -0.1) is 0 Å². The van der Waals surface area contributed by atoms with Crippen LogP contribution in [-0.4, -0.2) is 5.43 Å². The normalized spacial score (nSPS) is 9.58. The molecule has 0 N–H and O–H groups in total. The molecular formula is C7H3Cl2FO2. The molecule has 0 aromatic heterocycles. The number of hydrogen-bond donors (Lipinski definition) is 0. The van der Waals surface area contributed by atoms with Crippen molar-refractivity contribution in [3.05, 3.63) is 29.0 Å². The van der Waals surface area contributed by atoms with E-state index < -0.39 is 11.2 Å². The van der Waals surface area contributed by atoms with Gasteiger partial charge >= 0.3 is 5.43 Å². The molecule has 5 heteroatoms. The summed E-state index contributed by atoms with van der Waals surface area (Å²) in [5.41, 5.74) is -1.05. The van der Waals surface area contributed by atoms with Gasteiger partial charge in [0.1, 0.15) is 10.8 Å². The molecule has 0 aliphatic carbocycles. The van der Waals surface area contributed by atoms with Crippen LogP contribution in [0.2, 0.25) is 5.02 Å². The second kappa shape index (κ2) is 3.74. The minimum atomic E-state index is -1.05. The van der Waals surface area contributed by atoms with Gasteiger partial charge in [-0.05, 0) is 12.1 Å². The summed E-state index contributed by atoms with van der Waals surface area (Å²) >= 11 is 10.3. The molecule has 0 unspecified atom stereocenters. The first-order valence-corrected chi connectivity index (χ1v) is 3.68. The third kappa shape index (κ3) is 2.09. The van der Waals surface area contributed by atoms with E-state index in [1.807, 2.05) is 0 Å². The molecule has 0 heterocycles. The zero-order valence-corrected chi connectivity index (χ0v) is 7.19. The van der Waals surface area contributed by atoms with Gasteiger partial charge in [-0.2, -0.15) is 0 Å². The lowest BCUT2D eigenvalue weighted by Crippen LogP contribution is -1.97. The fourth-order valence-electron chi connectivity index (χ4n) is 0.649. The Labute approximate surface area is 77.8 Å². The Morgan fingerprint density at radius 1 is 1.50 bits per heavy atom. The van der Waals surface area contributed by atoms with Gasteiger partial charge in [-0.25, -0.2) is 9.18 Å². The summed E-state index contributed by atoms with van der Waals surface area (Å²) in [5, 5.41) is -0.258. The van der Waals surface area contributed by atoms with Gasteiger partial charge in [0.2, 0.25) is 0 Å². The van der Waals surface area contributed by atoms with Crippen LogP contribution in [0.15, 0.2) is 18.2 Å². The van der Waals surface area contributed by atoms with Crippen LogP contribution in [0.5, 0.6) is 5.75 Å². The third-order valence-corrected chi connectivity index (χ3v) is 1.55. The average molecular weight is 209 g/mol. The van der Waals surface area contributed by atoms with E-state index in [2.05, 4.69) is 4.74 Å². The molecule has 1 aromatic rings. The number of benzene rings is 1. The van der Waals surface area contributed by atoms with Gasteiger partial charge in [0.05, 0.1) is 0 Å². The van der Waals surface area contributed by atoms with E-state index in [1.54, 1.807) is 0 Å². The first kappa shape index (κ1) is 9.29.